The van der Waals surface area contributed by atoms with E-state index in [0.717, 1.165) is 55.8 Å². The van der Waals surface area contributed by atoms with E-state index < -0.39 is 41.7 Å². The molecule has 4 aliphatic rings. The highest BCUT2D eigenvalue weighted by atomic mass is 35.5. The number of rotatable bonds is 16. The summed E-state index contributed by atoms with van der Waals surface area (Å²) in [5.41, 5.74) is 3.20. The van der Waals surface area contributed by atoms with E-state index in [9.17, 15) is 34.2 Å². The summed E-state index contributed by atoms with van der Waals surface area (Å²) in [4.78, 5) is 59.5. The van der Waals surface area contributed by atoms with Crippen LogP contribution in [0.25, 0.3) is 44.1 Å². The molecule has 4 saturated heterocycles. The van der Waals surface area contributed by atoms with Gasteiger partial charge in [0.2, 0.25) is 11.8 Å². The predicted octanol–water partition coefficient (Wildman–Crippen LogP) is 8.31. The zero-order chi connectivity index (χ0) is 58.4. The van der Waals surface area contributed by atoms with Gasteiger partial charge in [-0.05, 0) is 90.5 Å². The van der Waals surface area contributed by atoms with E-state index in [4.69, 9.17) is 25.8 Å². The Kier molecular flexibility index (Phi) is 15.9. The number of phenolic OH excluding ortho intramolecular Hbond substituents is 1. The second kappa shape index (κ2) is 23.2. The van der Waals surface area contributed by atoms with Gasteiger partial charge in [-0.3, -0.25) is 24.0 Å². The van der Waals surface area contributed by atoms with E-state index >= 15 is 4.39 Å². The number of hydrogen-bond acceptors (Lipinski definition) is 15. The molecule has 0 aliphatic carbocycles. The van der Waals surface area contributed by atoms with Crippen molar-refractivity contribution in [1.29, 1.82) is 5.26 Å². The lowest BCUT2D eigenvalue weighted by Gasteiger charge is -2.54. The molecule has 0 saturated carbocycles. The molecule has 22 heteroatoms. The fraction of sp³-hybridized carbons (Fsp3) is 0.410. The number of aryl methyl sites for hydroxylation is 1. The lowest BCUT2D eigenvalue weighted by Crippen LogP contribution is -2.60. The average molecular weight is 1150 g/mol. The summed E-state index contributed by atoms with van der Waals surface area (Å²) < 4.78 is 45.4. The maximum Gasteiger partial charge on any atom is 0.319 e. The lowest BCUT2D eigenvalue weighted by atomic mass is 9.72. The number of nitrogens with one attached hydrogen (secondary N) is 1. The highest BCUT2D eigenvalue weighted by Crippen LogP contribution is 2.45. The Bertz CT molecular complexity index is 3670. The number of aliphatic hydroxyl groups is 1. The molecule has 0 bridgehead atoms. The average Bonchev–Trinajstić information content (AvgIpc) is 1.88. The number of benzene rings is 4. The van der Waals surface area contributed by atoms with Crippen LogP contribution in [-0.4, -0.2) is 151 Å². The van der Waals surface area contributed by atoms with Crippen LogP contribution in [0.3, 0.4) is 0 Å². The van der Waals surface area contributed by atoms with Gasteiger partial charge in [-0.2, -0.15) is 20.3 Å². The van der Waals surface area contributed by atoms with Crippen LogP contribution < -0.4 is 19.9 Å². The van der Waals surface area contributed by atoms with Gasteiger partial charge >= 0.3 is 6.01 Å². The number of fused-ring (bicyclic) bond motifs is 2. The minimum Gasteiger partial charge on any atom is -0.508 e. The topological polar surface area (TPSA) is 223 Å². The maximum absolute atomic E-state index is 17.3. The molecule has 7 heterocycles. The van der Waals surface area contributed by atoms with E-state index in [2.05, 4.69) is 43.0 Å². The van der Waals surface area contributed by atoms with Crippen LogP contribution in [0.4, 0.5) is 20.4 Å². The van der Waals surface area contributed by atoms with Crippen molar-refractivity contribution in [3.8, 4) is 40.2 Å². The zero-order valence-corrected chi connectivity index (χ0v) is 47.4. The lowest BCUT2D eigenvalue weighted by molar-refractivity contribution is -0.141. The van der Waals surface area contributed by atoms with Gasteiger partial charge in [0.05, 0.1) is 41.4 Å². The third-order valence-corrected chi connectivity index (χ3v) is 17.3. The summed E-state index contributed by atoms with van der Waals surface area (Å²) in [6.07, 6.45) is 2.70. The molecule has 5 atom stereocenters. The molecule has 11 rings (SSSR count). The monoisotopic (exact) mass is 1150 g/mol. The van der Waals surface area contributed by atoms with Crippen LogP contribution >= 0.6 is 11.6 Å². The van der Waals surface area contributed by atoms with Crippen molar-refractivity contribution < 1.29 is 42.6 Å². The number of amides is 3. The molecular formula is C61H65ClF2N12O7. The number of nitrogens with zero attached hydrogens (tertiary/aromatic N) is 11. The van der Waals surface area contributed by atoms with Gasteiger partial charge in [-0.1, -0.05) is 85.7 Å². The number of phenols is 1. The SMILES string of the molecule is C=C(F)C(=O)N1CCN(c2nc(OCCN3CCC4(CC3)CN(c3cc([C@@H](C(=O)N5C[C@H](O)C[C@H]5C(=O)N[C@@H](C)c5ccc(-c6ccnn6C)cc5)C(C)C)on3)C4)nc3c(F)c(-c4cc(O)cc5ccccc45)c(Cl)cc23)C[C@@H]1CC#N. The number of carbonyl (C=O) groups is 3. The molecule has 19 nitrogen and oxygen atoms in total. The Hall–Kier alpha value is -8.19. The maximum atomic E-state index is 17.3. The van der Waals surface area contributed by atoms with Crippen LogP contribution in [0.15, 0.2) is 102 Å². The van der Waals surface area contributed by atoms with Gasteiger partial charge < -0.3 is 44.4 Å². The molecule has 0 unspecified atom stereocenters. The Morgan fingerprint density at radius 3 is 2.43 bits per heavy atom. The van der Waals surface area contributed by atoms with E-state index in [0.29, 0.717) is 34.5 Å². The molecule has 3 aromatic heterocycles. The van der Waals surface area contributed by atoms with Gasteiger partial charge in [-0.25, -0.2) is 8.78 Å². The van der Waals surface area contributed by atoms with Crippen molar-refractivity contribution in [2.45, 2.75) is 76.6 Å². The number of β-amino-alcohol motifs (C(OH)–C–C–N with tert-alkyl or cyclic N) is 1. The largest absolute Gasteiger partial charge is 0.508 e. The quantitative estimate of drug-likeness (QED) is 0.0774. The second-order valence-corrected chi connectivity index (χ2v) is 23.2. The molecule has 4 aliphatic heterocycles. The molecule has 4 aromatic carbocycles. The Morgan fingerprint density at radius 1 is 0.964 bits per heavy atom. The van der Waals surface area contributed by atoms with Gasteiger partial charge in [0.25, 0.3) is 5.91 Å². The van der Waals surface area contributed by atoms with Crippen molar-refractivity contribution in [1.82, 2.24) is 44.9 Å². The number of piperidine rings is 1. The minimum atomic E-state index is -1.14. The van der Waals surface area contributed by atoms with E-state index in [1.165, 1.54) is 15.9 Å². The van der Waals surface area contributed by atoms with E-state index in [1.54, 1.807) is 34.0 Å². The van der Waals surface area contributed by atoms with Gasteiger partial charge in [0, 0.05) is 87.9 Å². The first-order valence-corrected chi connectivity index (χ1v) is 28.4. The first-order chi connectivity index (χ1) is 39.9. The van der Waals surface area contributed by atoms with Crippen LogP contribution in [0.5, 0.6) is 11.8 Å². The zero-order valence-electron chi connectivity index (χ0n) is 46.6. The van der Waals surface area contributed by atoms with Crippen molar-refractivity contribution in [2.24, 2.45) is 18.4 Å². The number of likely N-dealkylation sites (tertiary alicyclic amines) is 2. The highest BCUT2D eigenvalue weighted by molar-refractivity contribution is 6.35. The van der Waals surface area contributed by atoms with Crippen molar-refractivity contribution >= 4 is 62.6 Å². The van der Waals surface area contributed by atoms with E-state index in [1.807, 2.05) is 82.4 Å². The standard InChI is InChI=1S/C61H65ClF2N12O7/c1-35(2)52(59(81)76-32-43(78)28-49(76)57(79)67-37(4)38-10-12-39(13-11-38)48-15-19-66-71(48)5)50-30-51(70-83-50)74-33-61(34-74)16-20-72(21-17-61)24-25-82-60-68-55-46(56(69-60)73-22-23-75(58(80)36(3)63)41(31-73)14-18-65)29-47(62)53(54(55)64)45-27-42(77)26-40-8-6-7-9-44(40)45/h6-13,15,19,26-27,29-30,35,37,41,43,49,52,77-78H,3,14,16-17,20-25,28,31-34H2,1-2,4-5H3,(H,67,79)/t37-,41-,43+,49-,52-/m0/s1. The Labute approximate surface area is 483 Å². The Balaban J connectivity index is 0.731. The first-order valence-electron chi connectivity index (χ1n) is 28.0. The van der Waals surface area contributed by atoms with Gasteiger partial charge in [0.1, 0.15) is 35.7 Å². The summed E-state index contributed by atoms with van der Waals surface area (Å²) in [7, 11) is 1.88. The van der Waals surface area contributed by atoms with Crippen LogP contribution in [-0.2, 0) is 21.4 Å². The molecule has 4 fully saturated rings. The first kappa shape index (κ1) is 56.7. The number of piperazine rings is 1. The Morgan fingerprint density at radius 2 is 1.72 bits per heavy atom. The van der Waals surface area contributed by atoms with Crippen LogP contribution in [0, 0.1) is 28.5 Å². The third-order valence-electron chi connectivity index (χ3n) is 17.0. The van der Waals surface area contributed by atoms with Gasteiger partial charge in [-0.15, -0.1) is 0 Å². The molecule has 3 amide bonds. The summed E-state index contributed by atoms with van der Waals surface area (Å²) >= 11 is 6.95. The molecule has 3 N–H and O–H groups in total. The molecular weight excluding hydrogens is 1090 g/mol. The van der Waals surface area contributed by atoms with Crippen molar-refractivity contribution in [3.05, 3.63) is 120 Å². The van der Waals surface area contributed by atoms with Gasteiger partial charge in [0.15, 0.2) is 23.2 Å². The van der Waals surface area contributed by atoms with Crippen LogP contribution in [0.1, 0.15) is 69.7 Å². The summed E-state index contributed by atoms with van der Waals surface area (Å²) in [5, 5.41) is 44.7. The number of aliphatic hydroxyl groups excluding tert-OH is 1. The summed E-state index contributed by atoms with van der Waals surface area (Å²) in [6, 6.07) is 23.5. The molecule has 7 aromatic rings. The smallest absolute Gasteiger partial charge is 0.319 e. The number of aromatic hydroxyl groups is 1. The molecule has 432 valence electrons. The summed E-state index contributed by atoms with van der Waals surface area (Å²) in [5.74, 6) is -3.16. The number of nitriles is 1. The number of halogens is 3. The predicted molar refractivity (Wildman–Crippen MR) is 309 cm³/mol. The molecule has 83 heavy (non-hydrogen) atoms. The number of anilines is 2. The second-order valence-electron chi connectivity index (χ2n) is 22.8. The molecule has 0 radical (unpaired) electrons. The van der Waals surface area contributed by atoms with Crippen LogP contribution in [0.2, 0.25) is 5.02 Å². The number of carbonyl (C=O) groups excluding carboxylic acids is 3. The van der Waals surface area contributed by atoms with Crippen molar-refractivity contribution in [2.75, 3.05) is 75.3 Å². The number of hydrogen-bond donors (Lipinski definition) is 3. The van der Waals surface area contributed by atoms with E-state index in [-0.39, 0.29) is 114 Å². The fourth-order valence-electron chi connectivity index (χ4n) is 12.5. The summed E-state index contributed by atoms with van der Waals surface area (Å²) in [6.45, 7) is 13.0. The third kappa shape index (κ3) is 11.3. The number of ether oxygens (including phenoxy) is 1. The molecule has 1 spiro atoms. The minimum absolute atomic E-state index is 0.0254. The number of aromatic nitrogens is 5. The normalized spacial score (nSPS) is 19.7. The fourth-order valence-corrected chi connectivity index (χ4v) is 12.8. The highest BCUT2D eigenvalue weighted by Gasteiger charge is 2.47. The van der Waals surface area contributed by atoms with Crippen molar-refractivity contribution in [3.63, 3.8) is 0 Å².